The van der Waals surface area contributed by atoms with Crippen molar-refractivity contribution in [2.45, 2.75) is 13.5 Å². The predicted octanol–water partition coefficient (Wildman–Crippen LogP) is 2.52. The summed E-state index contributed by atoms with van der Waals surface area (Å²) in [5.74, 6) is -1.18. The molecule has 6 heteroatoms. The average molecular weight is 369 g/mol. The third-order valence-electron chi connectivity index (χ3n) is 4.83. The highest BCUT2D eigenvalue weighted by atomic mass is 19.1. The minimum atomic E-state index is -0.461. The first-order chi connectivity index (χ1) is 13.1. The van der Waals surface area contributed by atoms with E-state index in [4.69, 9.17) is 0 Å². The van der Waals surface area contributed by atoms with Gasteiger partial charge in [0.15, 0.2) is 0 Å². The van der Waals surface area contributed by atoms with Crippen LogP contribution in [-0.2, 0) is 16.1 Å². The number of hydrogen-bond acceptors (Lipinski definition) is 3. The topological polar surface area (TPSA) is 43.9 Å². The van der Waals surface area contributed by atoms with Gasteiger partial charge in [-0.05, 0) is 36.8 Å². The molecule has 2 aromatic rings. The molecule has 1 aliphatic rings. The normalized spacial score (nSPS) is 14.1. The highest BCUT2D eigenvalue weighted by molar-refractivity contribution is 6.34. The van der Waals surface area contributed by atoms with Gasteiger partial charge in [0, 0.05) is 45.0 Å². The predicted molar refractivity (Wildman–Crippen MR) is 103 cm³/mol. The van der Waals surface area contributed by atoms with E-state index in [0.29, 0.717) is 39.3 Å². The van der Waals surface area contributed by atoms with E-state index in [9.17, 15) is 14.0 Å². The Morgan fingerprint density at radius 1 is 0.963 bits per heavy atom. The molecule has 0 bridgehead atoms. The van der Waals surface area contributed by atoms with Crippen LogP contribution < -0.4 is 4.90 Å². The number of likely N-dealkylation sites (N-methyl/N-ethyl adjacent to an activating group) is 1. The molecule has 0 saturated carbocycles. The summed E-state index contributed by atoms with van der Waals surface area (Å²) in [6, 6.07) is 16.0. The fourth-order valence-corrected chi connectivity index (χ4v) is 3.22. The van der Waals surface area contributed by atoms with Gasteiger partial charge in [-0.2, -0.15) is 0 Å². The van der Waals surface area contributed by atoms with E-state index in [1.807, 2.05) is 37.3 Å². The van der Waals surface area contributed by atoms with Crippen LogP contribution in [0.1, 0.15) is 12.5 Å². The lowest BCUT2D eigenvalue weighted by molar-refractivity contribution is -0.152. The molecule has 0 spiro atoms. The fourth-order valence-electron chi connectivity index (χ4n) is 3.22. The minimum absolute atomic E-state index is 0.267. The second-order valence-electron chi connectivity index (χ2n) is 6.56. The zero-order valence-corrected chi connectivity index (χ0v) is 15.5. The van der Waals surface area contributed by atoms with E-state index in [2.05, 4.69) is 4.90 Å². The molecule has 1 saturated heterocycles. The number of anilines is 1. The molecule has 0 unspecified atom stereocenters. The summed E-state index contributed by atoms with van der Waals surface area (Å²) in [7, 11) is 0. The summed E-state index contributed by atoms with van der Waals surface area (Å²) in [5.41, 5.74) is 1.93. The van der Waals surface area contributed by atoms with Crippen molar-refractivity contribution in [2.24, 2.45) is 0 Å². The molecule has 1 heterocycles. The monoisotopic (exact) mass is 369 g/mol. The summed E-state index contributed by atoms with van der Waals surface area (Å²) in [4.78, 5) is 30.6. The van der Waals surface area contributed by atoms with Gasteiger partial charge >= 0.3 is 11.8 Å². The summed E-state index contributed by atoms with van der Waals surface area (Å²) in [6.45, 7) is 4.98. The van der Waals surface area contributed by atoms with Gasteiger partial charge < -0.3 is 14.7 Å². The molecule has 1 fully saturated rings. The number of carbonyl (C=O) groups is 2. The van der Waals surface area contributed by atoms with E-state index >= 15 is 0 Å². The Balaban J connectivity index is 1.57. The van der Waals surface area contributed by atoms with Crippen LogP contribution >= 0.6 is 0 Å². The summed E-state index contributed by atoms with van der Waals surface area (Å²) >= 11 is 0. The Bertz CT molecular complexity index is 772. The third-order valence-corrected chi connectivity index (χ3v) is 4.83. The van der Waals surface area contributed by atoms with Crippen molar-refractivity contribution in [1.82, 2.24) is 9.80 Å². The molecule has 0 aromatic heterocycles. The van der Waals surface area contributed by atoms with Crippen LogP contribution in [0.4, 0.5) is 10.1 Å². The quantitative estimate of drug-likeness (QED) is 0.778. The zero-order valence-electron chi connectivity index (χ0n) is 15.5. The number of piperazine rings is 1. The second kappa shape index (κ2) is 8.66. The molecular formula is C21H24FN3O2. The molecule has 5 nitrogen and oxygen atoms in total. The van der Waals surface area contributed by atoms with Gasteiger partial charge in [0.2, 0.25) is 0 Å². The highest BCUT2D eigenvalue weighted by Crippen LogP contribution is 2.17. The van der Waals surface area contributed by atoms with Crippen molar-refractivity contribution < 1.29 is 14.0 Å². The van der Waals surface area contributed by atoms with Crippen LogP contribution in [0, 0.1) is 5.82 Å². The Hall–Kier alpha value is -2.89. The van der Waals surface area contributed by atoms with E-state index in [0.717, 1.165) is 11.3 Å². The molecule has 3 rings (SSSR count). The Morgan fingerprint density at radius 2 is 1.59 bits per heavy atom. The van der Waals surface area contributed by atoms with Crippen LogP contribution in [0.3, 0.4) is 0 Å². The lowest BCUT2D eigenvalue weighted by Gasteiger charge is -2.36. The molecular weight excluding hydrogens is 345 g/mol. The number of halogens is 1. The molecule has 142 valence electrons. The summed E-state index contributed by atoms with van der Waals surface area (Å²) in [6.07, 6.45) is 0. The number of nitrogens with zero attached hydrogens (tertiary/aromatic N) is 3. The van der Waals surface area contributed by atoms with Gasteiger partial charge in [-0.15, -0.1) is 0 Å². The van der Waals surface area contributed by atoms with Crippen molar-refractivity contribution >= 4 is 17.5 Å². The van der Waals surface area contributed by atoms with Crippen LogP contribution in [0.2, 0.25) is 0 Å². The van der Waals surface area contributed by atoms with Crippen molar-refractivity contribution in [2.75, 3.05) is 37.6 Å². The number of hydrogen-bond donors (Lipinski definition) is 0. The first-order valence-electron chi connectivity index (χ1n) is 9.21. The lowest BCUT2D eigenvalue weighted by atomic mass is 10.2. The largest absolute Gasteiger partial charge is 0.368 e. The van der Waals surface area contributed by atoms with Gasteiger partial charge in [0.1, 0.15) is 5.82 Å². The molecule has 0 radical (unpaired) electrons. The summed E-state index contributed by atoms with van der Waals surface area (Å²) in [5, 5.41) is 0. The number of amides is 2. The van der Waals surface area contributed by atoms with E-state index in [1.54, 1.807) is 21.9 Å². The standard InChI is InChI=1S/C21H24FN3O2/c1-2-23(16-17-6-4-3-5-7-17)20(26)21(27)25-14-12-24(13-15-25)19-10-8-18(22)9-11-19/h3-11H,2,12-16H2,1H3. The fraction of sp³-hybridized carbons (Fsp3) is 0.333. The smallest absolute Gasteiger partial charge is 0.312 e. The van der Waals surface area contributed by atoms with Crippen molar-refractivity contribution in [3.05, 3.63) is 66.0 Å². The maximum atomic E-state index is 13.1. The van der Waals surface area contributed by atoms with Crippen LogP contribution in [0.5, 0.6) is 0 Å². The minimum Gasteiger partial charge on any atom is -0.368 e. The Kier molecular flexibility index (Phi) is 6.06. The van der Waals surface area contributed by atoms with E-state index in [1.165, 1.54) is 12.1 Å². The Morgan fingerprint density at radius 3 is 2.19 bits per heavy atom. The van der Waals surface area contributed by atoms with E-state index in [-0.39, 0.29) is 5.82 Å². The molecule has 2 aromatic carbocycles. The number of carbonyl (C=O) groups excluding carboxylic acids is 2. The zero-order chi connectivity index (χ0) is 19.2. The average Bonchev–Trinajstić information content (AvgIpc) is 2.72. The van der Waals surface area contributed by atoms with E-state index < -0.39 is 11.8 Å². The number of benzene rings is 2. The Labute approximate surface area is 159 Å². The van der Waals surface area contributed by atoms with Gasteiger partial charge in [0.25, 0.3) is 0 Å². The van der Waals surface area contributed by atoms with Crippen LogP contribution in [0.25, 0.3) is 0 Å². The maximum Gasteiger partial charge on any atom is 0.312 e. The lowest BCUT2D eigenvalue weighted by Crippen LogP contribution is -2.53. The highest BCUT2D eigenvalue weighted by Gasteiger charge is 2.29. The number of rotatable bonds is 4. The molecule has 0 atom stereocenters. The van der Waals surface area contributed by atoms with Crippen molar-refractivity contribution in [1.29, 1.82) is 0 Å². The first kappa shape index (κ1) is 18.9. The molecule has 2 amide bonds. The SMILES string of the molecule is CCN(Cc1ccccc1)C(=O)C(=O)N1CCN(c2ccc(F)cc2)CC1. The molecule has 27 heavy (non-hydrogen) atoms. The molecule has 1 aliphatic heterocycles. The molecule has 0 aliphatic carbocycles. The van der Waals surface area contributed by atoms with Gasteiger partial charge in [0.05, 0.1) is 0 Å². The first-order valence-corrected chi connectivity index (χ1v) is 9.21. The maximum absolute atomic E-state index is 13.1. The van der Waals surface area contributed by atoms with Gasteiger partial charge in [-0.25, -0.2) is 4.39 Å². The van der Waals surface area contributed by atoms with Crippen molar-refractivity contribution in [3.8, 4) is 0 Å². The van der Waals surface area contributed by atoms with Gasteiger partial charge in [-0.3, -0.25) is 9.59 Å². The van der Waals surface area contributed by atoms with Crippen LogP contribution in [-0.4, -0.2) is 54.3 Å². The molecule has 0 N–H and O–H groups in total. The summed E-state index contributed by atoms with van der Waals surface area (Å²) < 4.78 is 13.1. The third kappa shape index (κ3) is 4.64. The van der Waals surface area contributed by atoms with Crippen LogP contribution in [0.15, 0.2) is 54.6 Å². The second-order valence-corrected chi connectivity index (χ2v) is 6.56. The van der Waals surface area contributed by atoms with Gasteiger partial charge in [-0.1, -0.05) is 30.3 Å². The van der Waals surface area contributed by atoms with Crippen molar-refractivity contribution in [3.63, 3.8) is 0 Å².